The predicted octanol–water partition coefficient (Wildman–Crippen LogP) is 3.01. The summed E-state index contributed by atoms with van der Waals surface area (Å²) in [6.07, 6.45) is 3.03. The Morgan fingerprint density at radius 2 is 2.19 bits per heavy atom. The van der Waals surface area contributed by atoms with Crippen LogP contribution in [0.5, 0.6) is 0 Å². The second-order valence-corrected chi connectivity index (χ2v) is 6.13. The molecular weight excluding hydrogens is 296 g/mol. The van der Waals surface area contributed by atoms with Crippen LogP contribution in [0.3, 0.4) is 0 Å². The van der Waals surface area contributed by atoms with Crippen molar-refractivity contribution in [2.75, 3.05) is 6.54 Å². The SMILES string of the molecule is CC(C)(C)OC(=O)NCC=Cc1cc(C=O)sc1[N+](=O)[O-]. The van der Waals surface area contributed by atoms with Crippen LogP contribution < -0.4 is 5.32 Å². The van der Waals surface area contributed by atoms with Crippen LogP contribution in [-0.4, -0.2) is 29.4 Å². The Balaban J connectivity index is 2.61. The molecular formula is C13H16N2O5S. The van der Waals surface area contributed by atoms with Gasteiger partial charge in [-0.2, -0.15) is 0 Å². The van der Waals surface area contributed by atoms with Gasteiger partial charge >= 0.3 is 11.1 Å². The maximum Gasteiger partial charge on any atom is 0.407 e. The number of hydrogen-bond acceptors (Lipinski definition) is 6. The van der Waals surface area contributed by atoms with E-state index in [1.807, 2.05) is 0 Å². The molecule has 0 bridgehead atoms. The second-order valence-electron chi connectivity index (χ2n) is 5.07. The van der Waals surface area contributed by atoms with Crippen LogP contribution >= 0.6 is 11.3 Å². The molecule has 114 valence electrons. The molecule has 1 N–H and O–H groups in total. The Morgan fingerprint density at radius 3 is 2.71 bits per heavy atom. The summed E-state index contributed by atoms with van der Waals surface area (Å²) in [5.41, 5.74) is -0.253. The van der Waals surface area contributed by atoms with Crippen molar-refractivity contribution in [2.24, 2.45) is 0 Å². The van der Waals surface area contributed by atoms with Crippen LogP contribution in [-0.2, 0) is 4.74 Å². The fraction of sp³-hybridized carbons (Fsp3) is 0.385. The van der Waals surface area contributed by atoms with Gasteiger partial charge in [0.25, 0.3) is 0 Å². The summed E-state index contributed by atoms with van der Waals surface area (Å²) < 4.78 is 5.04. The van der Waals surface area contributed by atoms with Crippen LogP contribution in [0, 0.1) is 10.1 Å². The van der Waals surface area contributed by atoms with Gasteiger partial charge in [0.05, 0.1) is 15.4 Å². The van der Waals surface area contributed by atoms with E-state index >= 15 is 0 Å². The molecule has 1 amide bonds. The summed E-state index contributed by atoms with van der Waals surface area (Å²) in [6, 6.07) is 1.43. The molecule has 21 heavy (non-hydrogen) atoms. The second kappa shape index (κ2) is 6.98. The molecule has 0 saturated heterocycles. The third-order valence-corrected chi connectivity index (χ3v) is 3.13. The lowest BCUT2D eigenvalue weighted by atomic mass is 10.2. The molecule has 0 saturated carbocycles. The van der Waals surface area contributed by atoms with E-state index in [1.165, 1.54) is 12.1 Å². The minimum absolute atomic E-state index is 0.106. The van der Waals surface area contributed by atoms with E-state index in [0.717, 1.165) is 11.3 Å². The van der Waals surface area contributed by atoms with Crippen LogP contribution in [0.1, 0.15) is 36.0 Å². The number of nitrogens with one attached hydrogen (secondary N) is 1. The lowest BCUT2D eigenvalue weighted by Crippen LogP contribution is -2.32. The van der Waals surface area contributed by atoms with E-state index in [0.29, 0.717) is 11.8 Å². The van der Waals surface area contributed by atoms with E-state index in [9.17, 15) is 19.7 Å². The molecule has 1 rings (SSSR count). The van der Waals surface area contributed by atoms with Crippen LogP contribution in [0.4, 0.5) is 9.80 Å². The lowest BCUT2D eigenvalue weighted by molar-refractivity contribution is -0.380. The number of ether oxygens (including phenoxy) is 1. The molecule has 0 radical (unpaired) electrons. The molecule has 0 aliphatic heterocycles. The number of alkyl carbamates (subject to hydrolysis) is 1. The largest absolute Gasteiger partial charge is 0.444 e. The molecule has 0 aliphatic carbocycles. The van der Waals surface area contributed by atoms with Gasteiger partial charge in [-0.3, -0.25) is 14.9 Å². The molecule has 0 fully saturated rings. The molecule has 0 atom stereocenters. The molecule has 0 spiro atoms. The van der Waals surface area contributed by atoms with Gasteiger partial charge in [0, 0.05) is 6.54 Å². The number of amides is 1. The van der Waals surface area contributed by atoms with Crippen molar-refractivity contribution < 1.29 is 19.2 Å². The first-order chi connectivity index (χ1) is 9.73. The first-order valence-electron chi connectivity index (χ1n) is 6.09. The van der Waals surface area contributed by atoms with Crippen LogP contribution in [0.25, 0.3) is 6.08 Å². The zero-order valence-corrected chi connectivity index (χ0v) is 12.7. The van der Waals surface area contributed by atoms with Crippen molar-refractivity contribution in [3.63, 3.8) is 0 Å². The van der Waals surface area contributed by atoms with Gasteiger partial charge in [-0.1, -0.05) is 17.4 Å². The number of thiophene rings is 1. The number of carbonyl (C=O) groups excluding carboxylic acids is 2. The summed E-state index contributed by atoms with van der Waals surface area (Å²) in [5, 5.41) is 13.2. The normalized spacial score (nSPS) is 11.4. The van der Waals surface area contributed by atoms with Crippen LogP contribution in [0.15, 0.2) is 12.1 Å². The maximum absolute atomic E-state index is 11.4. The first kappa shape index (κ1) is 16.8. The number of nitro groups is 1. The minimum Gasteiger partial charge on any atom is -0.444 e. The zero-order valence-electron chi connectivity index (χ0n) is 11.9. The van der Waals surface area contributed by atoms with Crippen molar-refractivity contribution in [1.82, 2.24) is 5.32 Å². The molecule has 0 aromatic carbocycles. The molecule has 0 unspecified atom stereocenters. The number of hydrogen-bond donors (Lipinski definition) is 1. The summed E-state index contributed by atoms with van der Waals surface area (Å²) in [6.45, 7) is 5.41. The van der Waals surface area contributed by atoms with E-state index in [4.69, 9.17) is 4.74 Å². The molecule has 1 heterocycles. The van der Waals surface area contributed by atoms with Crippen molar-refractivity contribution in [3.8, 4) is 0 Å². The topological polar surface area (TPSA) is 98.5 Å². The fourth-order valence-electron chi connectivity index (χ4n) is 1.38. The van der Waals surface area contributed by atoms with Gasteiger partial charge in [-0.25, -0.2) is 4.79 Å². The number of aldehydes is 1. The van der Waals surface area contributed by atoms with E-state index < -0.39 is 16.6 Å². The molecule has 1 aromatic rings. The van der Waals surface area contributed by atoms with Crippen molar-refractivity contribution in [1.29, 1.82) is 0 Å². The highest BCUT2D eigenvalue weighted by molar-refractivity contribution is 7.17. The van der Waals surface area contributed by atoms with E-state index in [-0.39, 0.29) is 16.4 Å². The Bertz CT molecular complexity index is 572. The highest BCUT2D eigenvalue weighted by atomic mass is 32.1. The molecule has 8 heteroatoms. The average molecular weight is 312 g/mol. The average Bonchev–Trinajstić information content (AvgIpc) is 2.76. The number of rotatable bonds is 5. The van der Waals surface area contributed by atoms with Gasteiger partial charge in [0.1, 0.15) is 5.60 Å². The Kier molecular flexibility index (Phi) is 5.60. The van der Waals surface area contributed by atoms with Gasteiger partial charge in [0.15, 0.2) is 6.29 Å². The monoisotopic (exact) mass is 312 g/mol. The summed E-state index contributed by atoms with van der Waals surface area (Å²) >= 11 is 0.809. The minimum atomic E-state index is -0.585. The maximum atomic E-state index is 11.4. The highest BCUT2D eigenvalue weighted by Crippen LogP contribution is 2.30. The smallest absolute Gasteiger partial charge is 0.407 e. The third kappa shape index (κ3) is 5.74. The Hall–Kier alpha value is -2.22. The van der Waals surface area contributed by atoms with Crippen LogP contribution in [0.2, 0.25) is 0 Å². The van der Waals surface area contributed by atoms with Gasteiger partial charge in [0.2, 0.25) is 0 Å². The molecule has 1 aromatic heterocycles. The quantitative estimate of drug-likeness (QED) is 0.512. The fourth-order valence-corrected chi connectivity index (χ4v) is 2.15. The highest BCUT2D eigenvalue weighted by Gasteiger charge is 2.17. The summed E-state index contributed by atoms with van der Waals surface area (Å²) in [4.78, 5) is 32.6. The van der Waals surface area contributed by atoms with Gasteiger partial charge in [-0.05, 0) is 32.9 Å². The van der Waals surface area contributed by atoms with Gasteiger partial charge in [-0.15, -0.1) is 0 Å². The molecule has 7 nitrogen and oxygen atoms in total. The van der Waals surface area contributed by atoms with Gasteiger partial charge < -0.3 is 10.1 Å². The summed E-state index contributed by atoms with van der Waals surface area (Å²) in [5.74, 6) is 0. The zero-order chi connectivity index (χ0) is 16.0. The first-order valence-corrected chi connectivity index (χ1v) is 6.91. The van der Waals surface area contributed by atoms with E-state index in [2.05, 4.69) is 5.32 Å². The summed E-state index contributed by atoms with van der Waals surface area (Å²) in [7, 11) is 0. The Morgan fingerprint density at radius 1 is 1.52 bits per heavy atom. The predicted molar refractivity (Wildman–Crippen MR) is 79.6 cm³/mol. The number of carbonyl (C=O) groups is 2. The van der Waals surface area contributed by atoms with Crippen molar-refractivity contribution >= 4 is 34.8 Å². The standard InChI is InChI=1S/C13H16N2O5S/c1-13(2,3)20-12(17)14-6-4-5-9-7-10(8-16)21-11(9)15(18)19/h4-5,7-8H,6H2,1-3H3,(H,14,17). The third-order valence-electron chi connectivity index (χ3n) is 2.10. The Labute approximate surface area is 125 Å². The number of nitrogens with zero attached hydrogens (tertiary/aromatic N) is 1. The van der Waals surface area contributed by atoms with Crippen molar-refractivity contribution in [3.05, 3.63) is 32.7 Å². The van der Waals surface area contributed by atoms with Crippen molar-refractivity contribution in [2.45, 2.75) is 26.4 Å². The van der Waals surface area contributed by atoms with E-state index in [1.54, 1.807) is 26.8 Å². The molecule has 0 aliphatic rings. The lowest BCUT2D eigenvalue weighted by Gasteiger charge is -2.19.